The molecule has 0 N–H and O–H groups in total. The first-order valence-electron chi connectivity index (χ1n) is 41.5. The topological polar surface area (TPSA) is 16.3 Å². The fraction of sp³-hybridized carbons (Fsp3) is 0.182. The Bertz CT molecular complexity index is 5980. The van der Waals surface area contributed by atoms with Crippen molar-refractivity contribution in [2.24, 2.45) is 0 Å². The van der Waals surface area contributed by atoms with Gasteiger partial charge in [-0.05, 0) is 232 Å². The van der Waals surface area contributed by atoms with E-state index < -0.39 is 0 Å². The van der Waals surface area contributed by atoms with Crippen LogP contribution in [-0.4, -0.2) is 15.8 Å². The maximum Gasteiger partial charge on any atom is 0.252 e. The Morgan fingerprint density at radius 1 is 0.261 bits per heavy atom. The van der Waals surface area contributed by atoms with Crippen LogP contribution in [0.3, 0.4) is 0 Å². The van der Waals surface area contributed by atoms with Crippen molar-refractivity contribution >= 4 is 101 Å². The standard InChI is InChI=1S/C110H99BN4/c1-14-15-34-71-59-102-104-103(60-71)115(106-88(76-43-30-20-31-44-76)63-79(73-37-24-17-25-38-73)64-89(106)77-45-32-21-33-46-77)101-70-85(113-98-57-49-82(109(8,9)10)67-92(98)93-68-83(110(11,12)13)50-58-99(93)113)52-54-95(101)111(104)94-53-51-84(112-96-55-47-80(107(2,3)4)65-90(96)91-66-81(108(5,6)7)48-56-97(91)112)69-100(94)114(102)105-86(74-39-26-18-27-40-74)61-78(72-35-22-16-23-36-72)62-87(105)75-41-28-19-29-42-75/h16-33,35-70H,14-15,34H2,1-13H3. The summed E-state index contributed by atoms with van der Waals surface area (Å²) in [5.74, 6) is 0. The normalized spacial score (nSPS) is 13.0. The highest BCUT2D eigenvalue weighted by Crippen LogP contribution is 2.56. The lowest BCUT2D eigenvalue weighted by molar-refractivity contribution is 0.590. The molecule has 19 rings (SSSR count). The van der Waals surface area contributed by atoms with Crippen molar-refractivity contribution in [3.8, 4) is 78.1 Å². The van der Waals surface area contributed by atoms with E-state index in [-0.39, 0.29) is 28.4 Å². The van der Waals surface area contributed by atoms with Crippen LogP contribution >= 0.6 is 0 Å². The molecule has 115 heavy (non-hydrogen) atoms. The molecule has 562 valence electrons. The Balaban J connectivity index is 0.992. The Hall–Kier alpha value is -12.4. The van der Waals surface area contributed by atoms with Crippen molar-refractivity contribution < 1.29 is 0 Å². The number of rotatable bonds is 13. The van der Waals surface area contributed by atoms with Gasteiger partial charge in [0.15, 0.2) is 0 Å². The van der Waals surface area contributed by atoms with E-state index in [2.05, 4.69) is 437 Å². The Morgan fingerprint density at radius 3 is 0.809 bits per heavy atom. The van der Waals surface area contributed by atoms with Gasteiger partial charge in [-0.3, -0.25) is 0 Å². The maximum absolute atomic E-state index is 2.76. The Labute approximate surface area is 679 Å². The van der Waals surface area contributed by atoms with Crippen LogP contribution in [0.4, 0.5) is 34.1 Å². The lowest BCUT2D eigenvalue weighted by atomic mass is 9.33. The third-order valence-electron chi connectivity index (χ3n) is 24.6. The molecule has 15 aromatic carbocycles. The van der Waals surface area contributed by atoms with E-state index in [0.29, 0.717) is 0 Å². The van der Waals surface area contributed by atoms with Crippen LogP contribution in [0.1, 0.15) is 131 Å². The molecule has 0 atom stereocenters. The first kappa shape index (κ1) is 72.8. The molecule has 17 aromatic rings. The first-order valence-corrected chi connectivity index (χ1v) is 41.5. The van der Waals surface area contributed by atoms with Gasteiger partial charge in [-0.1, -0.05) is 315 Å². The van der Waals surface area contributed by atoms with Gasteiger partial charge >= 0.3 is 0 Å². The molecule has 0 bridgehead atoms. The second-order valence-corrected chi connectivity index (χ2v) is 36.4. The summed E-state index contributed by atoms with van der Waals surface area (Å²) in [5, 5.41) is 5.05. The number of aromatic nitrogens is 2. The summed E-state index contributed by atoms with van der Waals surface area (Å²) in [6.07, 6.45) is 2.93. The molecule has 0 aliphatic carbocycles. The molecule has 2 aromatic heterocycles. The highest BCUT2D eigenvalue weighted by atomic mass is 15.2. The minimum Gasteiger partial charge on any atom is -0.310 e. The predicted molar refractivity (Wildman–Crippen MR) is 495 cm³/mol. The van der Waals surface area contributed by atoms with E-state index in [1.807, 2.05) is 0 Å². The molecule has 2 aliphatic rings. The molecule has 0 spiro atoms. The van der Waals surface area contributed by atoms with Crippen molar-refractivity contribution in [3.63, 3.8) is 0 Å². The van der Waals surface area contributed by atoms with E-state index in [0.717, 1.165) is 120 Å². The quantitative estimate of drug-likeness (QED) is 0.107. The van der Waals surface area contributed by atoms with Crippen LogP contribution in [0.2, 0.25) is 0 Å². The molecule has 4 heterocycles. The van der Waals surface area contributed by atoms with E-state index in [1.54, 1.807) is 0 Å². The molecule has 0 saturated heterocycles. The highest BCUT2D eigenvalue weighted by Gasteiger charge is 2.46. The number of fused-ring (bicyclic) bond motifs is 10. The van der Waals surface area contributed by atoms with Crippen molar-refractivity contribution in [3.05, 3.63) is 355 Å². The number of anilines is 6. The van der Waals surface area contributed by atoms with Crippen molar-refractivity contribution in [2.75, 3.05) is 9.80 Å². The number of unbranched alkanes of at least 4 members (excludes halogenated alkanes) is 1. The van der Waals surface area contributed by atoms with Crippen LogP contribution in [0, 0.1) is 0 Å². The first-order chi connectivity index (χ1) is 55.5. The average molecular weight is 1490 g/mol. The average Bonchev–Trinajstić information content (AvgIpc) is 0.825. The molecular formula is C110H99BN4. The number of benzene rings is 15. The third-order valence-corrected chi connectivity index (χ3v) is 24.6. The van der Waals surface area contributed by atoms with Crippen molar-refractivity contribution in [1.29, 1.82) is 0 Å². The number of hydrogen-bond acceptors (Lipinski definition) is 2. The van der Waals surface area contributed by atoms with Gasteiger partial charge in [0.1, 0.15) is 0 Å². The van der Waals surface area contributed by atoms with Crippen LogP contribution in [-0.2, 0) is 28.1 Å². The summed E-state index contributed by atoms with van der Waals surface area (Å²) < 4.78 is 5.15. The zero-order valence-electron chi connectivity index (χ0n) is 68.7. The van der Waals surface area contributed by atoms with Crippen molar-refractivity contribution in [2.45, 2.75) is 131 Å². The van der Waals surface area contributed by atoms with Gasteiger partial charge in [0.2, 0.25) is 0 Å². The van der Waals surface area contributed by atoms with Gasteiger partial charge < -0.3 is 18.9 Å². The molecule has 0 saturated carbocycles. The van der Waals surface area contributed by atoms with Crippen LogP contribution in [0.15, 0.2) is 328 Å². The SMILES string of the molecule is CCCCc1cc2c3c(c1)N(c1c(-c4ccccc4)cc(-c4ccccc4)cc1-c1ccccc1)c1cc(-n4c5ccc(C(C)(C)C)cc5c5cc(C(C)(C)C)ccc54)ccc1B3c1ccc(-n3c4ccc(C(C)(C)C)cc4c4cc(C(C)(C)C)ccc43)cc1N2c1c(-c2ccccc2)cc(-c2ccccc2)cc1-c1ccccc1. The Morgan fingerprint density at radius 2 is 0.539 bits per heavy atom. The molecule has 0 radical (unpaired) electrons. The van der Waals surface area contributed by atoms with E-state index in [1.165, 1.54) is 99.2 Å². The second-order valence-electron chi connectivity index (χ2n) is 36.4. The summed E-state index contributed by atoms with van der Waals surface area (Å²) in [6.45, 7) is 30.2. The zero-order valence-corrected chi connectivity index (χ0v) is 68.7. The van der Waals surface area contributed by atoms with Gasteiger partial charge in [0, 0.05) is 77.9 Å². The smallest absolute Gasteiger partial charge is 0.252 e. The van der Waals surface area contributed by atoms with Gasteiger partial charge in [-0.2, -0.15) is 0 Å². The molecule has 0 unspecified atom stereocenters. The van der Waals surface area contributed by atoms with Crippen LogP contribution < -0.4 is 26.2 Å². The van der Waals surface area contributed by atoms with Gasteiger partial charge in [0.05, 0.1) is 33.4 Å². The maximum atomic E-state index is 2.76. The summed E-state index contributed by atoms with van der Waals surface area (Å²) >= 11 is 0. The van der Waals surface area contributed by atoms with Gasteiger partial charge in [-0.15, -0.1) is 0 Å². The largest absolute Gasteiger partial charge is 0.310 e. The van der Waals surface area contributed by atoms with Crippen LogP contribution in [0.25, 0.3) is 122 Å². The minimum absolute atomic E-state index is 0.0674. The number of hydrogen-bond donors (Lipinski definition) is 0. The van der Waals surface area contributed by atoms with Crippen LogP contribution in [0.5, 0.6) is 0 Å². The van der Waals surface area contributed by atoms with Gasteiger partial charge in [-0.25, -0.2) is 0 Å². The predicted octanol–water partition coefficient (Wildman–Crippen LogP) is 28.5. The summed E-state index contributed by atoms with van der Waals surface area (Å²) in [5.41, 5.74) is 37.6. The lowest BCUT2D eigenvalue weighted by Gasteiger charge is -2.46. The lowest BCUT2D eigenvalue weighted by Crippen LogP contribution is -2.61. The molecule has 4 nitrogen and oxygen atoms in total. The zero-order chi connectivity index (χ0) is 79.0. The molecular weight excluding hydrogens is 1390 g/mol. The highest BCUT2D eigenvalue weighted by molar-refractivity contribution is 7.00. The summed E-state index contributed by atoms with van der Waals surface area (Å²) in [4.78, 5) is 5.52. The molecule has 0 fully saturated rings. The minimum atomic E-state index is -0.262. The Kier molecular flexibility index (Phi) is 17.7. The number of aryl methyl sites for hydroxylation is 1. The summed E-state index contributed by atoms with van der Waals surface area (Å²) in [7, 11) is 0. The van der Waals surface area contributed by atoms with E-state index >= 15 is 0 Å². The fourth-order valence-electron chi connectivity index (χ4n) is 18.5. The molecule has 5 heteroatoms. The molecule has 0 amide bonds. The molecule has 2 aliphatic heterocycles. The second kappa shape index (κ2) is 28.0. The van der Waals surface area contributed by atoms with E-state index in [9.17, 15) is 0 Å². The third kappa shape index (κ3) is 12.7. The van der Waals surface area contributed by atoms with Crippen molar-refractivity contribution in [1.82, 2.24) is 9.13 Å². The van der Waals surface area contributed by atoms with E-state index in [4.69, 9.17) is 0 Å². The monoisotopic (exact) mass is 1490 g/mol. The van der Waals surface area contributed by atoms with Gasteiger partial charge in [0.25, 0.3) is 6.71 Å². The summed E-state index contributed by atoms with van der Waals surface area (Å²) in [6, 6.07) is 126. The number of nitrogens with zero attached hydrogens (tertiary/aromatic N) is 4. The fourth-order valence-corrected chi connectivity index (χ4v) is 18.5.